The van der Waals surface area contributed by atoms with Crippen molar-refractivity contribution >= 4 is 17.3 Å². The summed E-state index contributed by atoms with van der Waals surface area (Å²) in [5.74, 6) is -0.338. The first-order valence-corrected chi connectivity index (χ1v) is 6.69. The van der Waals surface area contributed by atoms with Crippen molar-refractivity contribution in [2.45, 2.75) is 25.2 Å². The van der Waals surface area contributed by atoms with E-state index in [1.54, 1.807) is 0 Å². The molecule has 2 N–H and O–H groups in total. The van der Waals surface area contributed by atoms with Crippen molar-refractivity contribution in [3.8, 4) is 0 Å². The summed E-state index contributed by atoms with van der Waals surface area (Å²) >= 11 is 0. The molecular formula is C15H18N2O2. The second-order valence-corrected chi connectivity index (χ2v) is 5.33. The molecule has 0 bridgehead atoms. The van der Waals surface area contributed by atoms with E-state index in [4.69, 9.17) is 5.11 Å². The average molecular weight is 258 g/mol. The summed E-state index contributed by atoms with van der Waals surface area (Å²) in [6.07, 6.45) is 3.19. The van der Waals surface area contributed by atoms with E-state index in [0.717, 1.165) is 42.9 Å². The van der Waals surface area contributed by atoms with Crippen LogP contribution < -0.4 is 10.2 Å². The van der Waals surface area contributed by atoms with Crippen LogP contribution >= 0.6 is 0 Å². The minimum Gasteiger partial charge on any atom is -0.480 e. The molecule has 2 heterocycles. The van der Waals surface area contributed by atoms with Crippen molar-refractivity contribution < 1.29 is 9.90 Å². The Balaban J connectivity index is 2.02. The van der Waals surface area contributed by atoms with Crippen molar-refractivity contribution in [2.24, 2.45) is 0 Å². The van der Waals surface area contributed by atoms with E-state index < -0.39 is 5.97 Å². The Hall–Kier alpha value is -1.97. The van der Waals surface area contributed by atoms with Crippen LogP contribution in [0.3, 0.4) is 0 Å². The number of carbonyl (C=O) groups is 1. The van der Waals surface area contributed by atoms with Crippen LogP contribution in [0.15, 0.2) is 30.5 Å². The maximum absolute atomic E-state index is 11.0. The number of carboxylic acid groups (broad SMARTS) is 1. The minimum absolute atomic E-state index is 0.0773. The van der Waals surface area contributed by atoms with Gasteiger partial charge in [-0.1, -0.05) is 12.6 Å². The molecule has 1 aromatic carbocycles. The van der Waals surface area contributed by atoms with Gasteiger partial charge in [0.25, 0.3) is 0 Å². The number of allylic oxidation sites excluding steroid dienone is 1. The standard InChI is InChI=1S/C15H18N2O2/c1-10-4-2-5-11-8-17(9-14(18)19)13-7-3-6-12(16-10)15(11)13/h3,6-7,11,16H,1-2,4-5,8-9H2,(H,18,19). The SMILES string of the molecule is C=C1CCCC2CN(CC(=O)O)c3cccc(c32)N1. The number of nitrogens with zero attached hydrogens (tertiary/aromatic N) is 1. The fourth-order valence-corrected chi connectivity index (χ4v) is 3.19. The molecule has 0 aliphatic carbocycles. The third kappa shape index (κ3) is 2.18. The van der Waals surface area contributed by atoms with Gasteiger partial charge in [0.1, 0.15) is 6.54 Å². The number of rotatable bonds is 2. The van der Waals surface area contributed by atoms with E-state index in [2.05, 4.69) is 18.0 Å². The highest BCUT2D eigenvalue weighted by Gasteiger charge is 2.32. The number of hydrogen-bond donors (Lipinski definition) is 2. The van der Waals surface area contributed by atoms with Gasteiger partial charge in [-0.3, -0.25) is 4.79 Å². The lowest BCUT2D eigenvalue weighted by atomic mass is 9.92. The van der Waals surface area contributed by atoms with Gasteiger partial charge in [0, 0.05) is 35.1 Å². The first-order valence-electron chi connectivity index (χ1n) is 6.69. The van der Waals surface area contributed by atoms with Crippen molar-refractivity contribution in [3.05, 3.63) is 36.0 Å². The highest BCUT2D eigenvalue weighted by atomic mass is 16.4. The second kappa shape index (κ2) is 4.61. The molecule has 4 heteroatoms. The van der Waals surface area contributed by atoms with Gasteiger partial charge < -0.3 is 15.3 Å². The molecular weight excluding hydrogens is 240 g/mol. The molecule has 0 saturated heterocycles. The number of aliphatic carboxylic acids is 1. The summed E-state index contributed by atoms with van der Waals surface area (Å²) in [6, 6.07) is 6.06. The van der Waals surface area contributed by atoms with Crippen LogP contribution in [0.5, 0.6) is 0 Å². The van der Waals surface area contributed by atoms with Crippen molar-refractivity contribution in [1.82, 2.24) is 0 Å². The molecule has 4 nitrogen and oxygen atoms in total. The van der Waals surface area contributed by atoms with Crippen LogP contribution in [0.2, 0.25) is 0 Å². The summed E-state index contributed by atoms with van der Waals surface area (Å²) < 4.78 is 0. The van der Waals surface area contributed by atoms with E-state index in [-0.39, 0.29) is 6.54 Å². The van der Waals surface area contributed by atoms with Gasteiger partial charge in [0.05, 0.1) is 0 Å². The fraction of sp³-hybridized carbons (Fsp3) is 0.400. The topological polar surface area (TPSA) is 52.6 Å². The lowest BCUT2D eigenvalue weighted by molar-refractivity contribution is -0.135. The molecule has 2 aliphatic heterocycles. The molecule has 2 aliphatic rings. The summed E-state index contributed by atoms with van der Waals surface area (Å²) in [6.45, 7) is 4.93. The normalized spacial score (nSPS) is 21.4. The smallest absolute Gasteiger partial charge is 0.323 e. The van der Waals surface area contributed by atoms with Crippen LogP contribution in [0.1, 0.15) is 30.7 Å². The molecule has 3 rings (SSSR count). The van der Waals surface area contributed by atoms with Crippen molar-refractivity contribution in [3.63, 3.8) is 0 Å². The predicted molar refractivity (Wildman–Crippen MR) is 75.6 cm³/mol. The van der Waals surface area contributed by atoms with Crippen LogP contribution in [0.4, 0.5) is 11.4 Å². The maximum atomic E-state index is 11.0. The van der Waals surface area contributed by atoms with E-state index in [9.17, 15) is 4.79 Å². The Bertz CT molecular complexity index is 539. The third-order valence-electron chi connectivity index (χ3n) is 3.94. The van der Waals surface area contributed by atoms with E-state index in [1.807, 2.05) is 17.0 Å². The Labute approximate surface area is 112 Å². The summed E-state index contributed by atoms with van der Waals surface area (Å²) in [5.41, 5.74) is 4.47. The quantitative estimate of drug-likeness (QED) is 0.856. The van der Waals surface area contributed by atoms with Gasteiger partial charge in [-0.15, -0.1) is 0 Å². The molecule has 0 aromatic heterocycles. The summed E-state index contributed by atoms with van der Waals surface area (Å²) in [5, 5.41) is 12.4. The van der Waals surface area contributed by atoms with Crippen LogP contribution in [0, 0.1) is 0 Å². The molecule has 0 saturated carbocycles. The molecule has 0 radical (unpaired) electrons. The van der Waals surface area contributed by atoms with E-state index in [0.29, 0.717) is 5.92 Å². The number of hydrogen-bond acceptors (Lipinski definition) is 3. The van der Waals surface area contributed by atoms with Gasteiger partial charge in [-0.2, -0.15) is 0 Å². The van der Waals surface area contributed by atoms with Gasteiger partial charge in [0.15, 0.2) is 0 Å². The second-order valence-electron chi connectivity index (χ2n) is 5.33. The lowest BCUT2D eigenvalue weighted by Crippen LogP contribution is -2.28. The molecule has 1 unspecified atom stereocenters. The minimum atomic E-state index is -0.774. The highest BCUT2D eigenvalue weighted by molar-refractivity contribution is 5.79. The van der Waals surface area contributed by atoms with Crippen LogP contribution in [-0.4, -0.2) is 24.2 Å². The number of benzene rings is 1. The number of carboxylic acids is 1. The zero-order valence-electron chi connectivity index (χ0n) is 10.9. The molecule has 0 spiro atoms. The fourth-order valence-electron chi connectivity index (χ4n) is 3.19. The highest BCUT2D eigenvalue weighted by Crippen LogP contribution is 2.44. The Kier molecular flexibility index (Phi) is 2.93. The Morgan fingerprint density at radius 3 is 3.16 bits per heavy atom. The maximum Gasteiger partial charge on any atom is 0.323 e. The van der Waals surface area contributed by atoms with Gasteiger partial charge in [0.2, 0.25) is 0 Å². The van der Waals surface area contributed by atoms with E-state index >= 15 is 0 Å². The first kappa shape index (κ1) is 12.1. The lowest BCUT2D eigenvalue weighted by Gasteiger charge is -2.20. The zero-order chi connectivity index (χ0) is 13.4. The zero-order valence-corrected chi connectivity index (χ0v) is 10.9. The van der Waals surface area contributed by atoms with Gasteiger partial charge in [-0.05, 0) is 31.4 Å². The Morgan fingerprint density at radius 2 is 2.37 bits per heavy atom. The molecule has 0 fully saturated rings. The summed E-state index contributed by atoms with van der Waals surface area (Å²) in [7, 11) is 0. The van der Waals surface area contributed by atoms with Gasteiger partial charge in [-0.25, -0.2) is 0 Å². The average Bonchev–Trinajstić information content (AvgIpc) is 2.66. The van der Waals surface area contributed by atoms with Crippen LogP contribution in [-0.2, 0) is 4.79 Å². The Morgan fingerprint density at radius 1 is 1.53 bits per heavy atom. The first-order chi connectivity index (χ1) is 9.15. The summed E-state index contributed by atoms with van der Waals surface area (Å²) in [4.78, 5) is 13.0. The van der Waals surface area contributed by atoms with Crippen molar-refractivity contribution in [1.29, 1.82) is 0 Å². The number of anilines is 2. The molecule has 100 valence electrons. The van der Waals surface area contributed by atoms with Crippen LogP contribution in [0.25, 0.3) is 0 Å². The molecule has 0 amide bonds. The monoisotopic (exact) mass is 258 g/mol. The van der Waals surface area contributed by atoms with Crippen molar-refractivity contribution in [2.75, 3.05) is 23.3 Å². The molecule has 1 aromatic rings. The van der Waals surface area contributed by atoms with E-state index in [1.165, 1.54) is 5.56 Å². The molecule has 19 heavy (non-hydrogen) atoms. The third-order valence-corrected chi connectivity index (χ3v) is 3.94. The largest absolute Gasteiger partial charge is 0.480 e. The number of nitrogens with one attached hydrogen (secondary N) is 1. The van der Waals surface area contributed by atoms with Gasteiger partial charge >= 0.3 is 5.97 Å². The molecule has 1 atom stereocenters. The predicted octanol–water partition coefficient (Wildman–Crippen LogP) is 2.78.